The van der Waals surface area contributed by atoms with Crippen LogP contribution >= 0.6 is 0 Å². The summed E-state index contributed by atoms with van der Waals surface area (Å²) in [5.74, 6) is -0.366. The Morgan fingerprint density at radius 1 is 1.53 bits per heavy atom. The van der Waals surface area contributed by atoms with E-state index in [2.05, 4.69) is 10.3 Å². The lowest BCUT2D eigenvalue weighted by atomic mass is 10.1. The molecule has 0 aliphatic carbocycles. The predicted octanol–water partition coefficient (Wildman–Crippen LogP) is 0.744. The van der Waals surface area contributed by atoms with E-state index in [1.807, 2.05) is 19.1 Å². The lowest BCUT2D eigenvalue weighted by Gasteiger charge is -2.21. The van der Waals surface area contributed by atoms with Crippen LogP contribution in [0.1, 0.15) is 25.1 Å². The van der Waals surface area contributed by atoms with E-state index in [0.717, 1.165) is 11.3 Å². The summed E-state index contributed by atoms with van der Waals surface area (Å²) in [5, 5.41) is 3.06. The third-order valence-electron chi connectivity index (χ3n) is 2.30. The molecule has 1 rings (SSSR count). The van der Waals surface area contributed by atoms with Gasteiger partial charge in [-0.2, -0.15) is 0 Å². The molecule has 1 aromatic heterocycles. The van der Waals surface area contributed by atoms with Gasteiger partial charge >= 0.3 is 0 Å². The van der Waals surface area contributed by atoms with Gasteiger partial charge in [-0.05, 0) is 32.4 Å². The third kappa shape index (κ3) is 3.32. The van der Waals surface area contributed by atoms with E-state index in [1.54, 1.807) is 20.0 Å². The van der Waals surface area contributed by atoms with Crippen molar-refractivity contribution in [2.45, 2.75) is 32.9 Å². The Morgan fingerprint density at radius 2 is 2.20 bits per heavy atom. The van der Waals surface area contributed by atoms with Gasteiger partial charge in [-0.15, -0.1) is 0 Å². The van der Waals surface area contributed by atoms with Crippen molar-refractivity contribution in [3.05, 3.63) is 29.6 Å². The number of nitrogens with zero attached hydrogens (tertiary/aromatic N) is 1. The monoisotopic (exact) mass is 207 g/mol. The maximum Gasteiger partial charge on any atom is 0.237 e. The van der Waals surface area contributed by atoms with Crippen molar-refractivity contribution in [2.75, 3.05) is 0 Å². The van der Waals surface area contributed by atoms with Gasteiger partial charge in [-0.25, -0.2) is 0 Å². The molecule has 1 heterocycles. The minimum absolute atomic E-state index is 0.366. The van der Waals surface area contributed by atoms with Gasteiger partial charge < -0.3 is 5.73 Å². The summed E-state index contributed by atoms with van der Waals surface area (Å²) >= 11 is 0. The molecule has 0 atom stereocenters. The molecule has 0 aliphatic heterocycles. The number of hydrogen-bond donors (Lipinski definition) is 2. The standard InChI is InChI=1S/C11H17N3O/c1-8-4-5-9(13-6-8)7-14-11(2,3)10(12)15/h4-6,14H,7H2,1-3H3,(H2,12,15). The number of nitrogens with one attached hydrogen (secondary N) is 1. The van der Waals surface area contributed by atoms with Crippen LogP contribution in [0.15, 0.2) is 18.3 Å². The van der Waals surface area contributed by atoms with Crippen LogP contribution in [0, 0.1) is 6.92 Å². The van der Waals surface area contributed by atoms with E-state index in [-0.39, 0.29) is 5.91 Å². The Balaban J connectivity index is 2.57. The molecule has 0 saturated heterocycles. The largest absolute Gasteiger partial charge is 0.368 e. The van der Waals surface area contributed by atoms with Gasteiger partial charge in [-0.1, -0.05) is 6.07 Å². The van der Waals surface area contributed by atoms with Crippen LogP contribution in [0.3, 0.4) is 0 Å². The first-order valence-electron chi connectivity index (χ1n) is 4.88. The zero-order valence-corrected chi connectivity index (χ0v) is 9.37. The molecular weight excluding hydrogens is 190 g/mol. The predicted molar refractivity (Wildman–Crippen MR) is 59.1 cm³/mol. The number of rotatable bonds is 4. The number of primary amides is 1. The lowest BCUT2D eigenvalue weighted by Crippen LogP contribution is -2.50. The van der Waals surface area contributed by atoms with Gasteiger partial charge in [0, 0.05) is 12.7 Å². The maximum absolute atomic E-state index is 11.0. The molecule has 0 radical (unpaired) electrons. The molecule has 0 saturated carbocycles. The number of aryl methyl sites for hydroxylation is 1. The summed E-state index contributed by atoms with van der Waals surface area (Å²) in [7, 11) is 0. The Hall–Kier alpha value is -1.42. The Kier molecular flexibility index (Phi) is 3.42. The highest BCUT2D eigenvalue weighted by molar-refractivity contribution is 5.83. The zero-order chi connectivity index (χ0) is 11.5. The van der Waals surface area contributed by atoms with E-state index in [1.165, 1.54) is 0 Å². The molecule has 15 heavy (non-hydrogen) atoms. The molecule has 82 valence electrons. The van der Waals surface area contributed by atoms with Crippen molar-refractivity contribution in [3.8, 4) is 0 Å². The number of nitrogens with two attached hydrogens (primary N) is 1. The quantitative estimate of drug-likeness (QED) is 0.765. The Labute approximate surface area is 89.9 Å². The topological polar surface area (TPSA) is 68.0 Å². The van der Waals surface area contributed by atoms with Crippen molar-refractivity contribution in [2.24, 2.45) is 5.73 Å². The van der Waals surface area contributed by atoms with E-state index in [4.69, 9.17) is 5.73 Å². The van der Waals surface area contributed by atoms with Crippen LogP contribution in [-0.2, 0) is 11.3 Å². The molecule has 0 unspecified atom stereocenters. The first-order chi connectivity index (χ1) is 6.92. The van der Waals surface area contributed by atoms with E-state index in [9.17, 15) is 4.79 Å². The number of aromatic nitrogens is 1. The van der Waals surface area contributed by atoms with Gasteiger partial charge in [-0.3, -0.25) is 15.1 Å². The van der Waals surface area contributed by atoms with Crippen LogP contribution < -0.4 is 11.1 Å². The average Bonchev–Trinajstić information content (AvgIpc) is 2.17. The van der Waals surface area contributed by atoms with Crippen molar-refractivity contribution < 1.29 is 4.79 Å². The summed E-state index contributed by atoms with van der Waals surface area (Å²) in [6, 6.07) is 3.92. The van der Waals surface area contributed by atoms with Gasteiger partial charge in [0.15, 0.2) is 0 Å². The van der Waals surface area contributed by atoms with Crippen LogP contribution in [0.4, 0.5) is 0 Å². The van der Waals surface area contributed by atoms with E-state index < -0.39 is 5.54 Å². The highest BCUT2D eigenvalue weighted by Crippen LogP contribution is 2.03. The number of carbonyl (C=O) groups is 1. The van der Waals surface area contributed by atoms with Gasteiger partial charge in [0.25, 0.3) is 0 Å². The van der Waals surface area contributed by atoms with Gasteiger partial charge in [0.2, 0.25) is 5.91 Å². The number of pyridine rings is 1. The number of carbonyl (C=O) groups excluding carboxylic acids is 1. The van der Waals surface area contributed by atoms with Crippen molar-refractivity contribution in [1.82, 2.24) is 10.3 Å². The number of hydrogen-bond acceptors (Lipinski definition) is 3. The second kappa shape index (κ2) is 4.40. The first kappa shape index (κ1) is 11.7. The zero-order valence-electron chi connectivity index (χ0n) is 9.37. The molecule has 0 aromatic carbocycles. The third-order valence-corrected chi connectivity index (χ3v) is 2.30. The maximum atomic E-state index is 11.0. The smallest absolute Gasteiger partial charge is 0.237 e. The summed E-state index contributed by atoms with van der Waals surface area (Å²) in [5.41, 5.74) is 6.55. The second-order valence-corrected chi connectivity index (χ2v) is 4.17. The molecule has 4 heteroatoms. The van der Waals surface area contributed by atoms with E-state index >= 15 is 0 Å². The average molecular weight is 207 g/mol. The summed E-state index contributed by atoms with van der Waals surface area (Å²) in [6.07, 6.45) is 1.80. The van der Waals surface area contributed by atoms with Gasteiger partial charge in [0.05, 0.1) is 11.2 Å². The molecule has 4 nitrogen and oxygen atoms in total. The highest BCUT2D eigenvalue weighted by atomic mass is 16.1. The van der Waals surface area contributed by atoms with Crippen LogP contribution in [0.25, 0.3) is 0 Å². The van der Waals surface area contributed by atoms with Crippen molar-refractivity contribution in [1.29, 1.82) is 0 Å². The molecule has 1 amide bonds. The fraction of sp³-hybridized carbons (Fsp3) is 0.455. The molecule has 0 spiro atoms. The van der Waals surface area contributed by atoms with Crippen LogP contribution in [0.5, 0.6) is 0 Å². The molecule has 0 fully saturated rings. The van der Waals surface area contributed by atoms with Gasteiger partial charge in [0.1, 0.15) is 0 Å². The van der Waals surface area contributed by atoms with Crippen LogP contribution in [-0.4, -0.2) is 16.4 Å². The Morgan fingerprint density at radius 3 is 2.67 bits per heavy atom. The fourth-order valence-electron chi connectivity index (χ4n) is 1.00. The van der Waals surface area contributed by atoms with Crippen molar-refractivity contribution >= 4 is 5.91 Å². The van der Waals surface area contributed by atoms with E-state index in [0.29, 0.717) is 6.54 Å². The minimum Gasteiger partial charge on any atom is -0.368 e. The first-order valence-corrected chi connectivity index (χ1v) is 4.88. The fourth-order valence-corrected chi connectivity index (χ4v) is 1.00. The molecule has 3 N–H and O–H groups in total. The van der Waals surface area contributed by atoms with Crippen molar-refractivity contribution in [3.63, 3.8) is 0 Å². The molecular formula is C11H17N3O. The summed E-state index contributed by atoms with van der Waals surface area (Å²) in [4.78, 5) is 15.3. The summed E-state index contributed by atoms with van der Waals surface area (Å²) in [6.45, 7) is 6.03. The summed E-state index contributed by atoms with van der Waals surface area (Å²) < 4.78 is 0. The lowest BCUT2D eigenvalue weighted by molar-refractivity contribution is -0.123. The molecule has 0 bridgehead atoms. The minimum atomic E-state index is -0.702. The highest BCUT2D eigenvalue weighted by Gasteiger charge is 2.23. The molecule has 0 aliphatic rings. The SMILES string of the molecule is Cc1ccc(CNC(C)(C)C(N)=O)nc1. The Bertz CT molecular complexity index is 343. The number of amides is 1. The molecule has 1 aromatic rings. The second-order valence-electron chi connectivity index (χ2n) is 4.17. The van der Waals surface area contributed by atoms with Crippen LogP contribution in [0.2, 0.25) is 0 Å². The normalized spacial score (nSPS) is 11.4.